The Morgan fingerprint density at radius 1 is 0.909 bits per heavy atom. The van der Waals surface area contributed by atoms with Gasteiger partial charge in [0.15, 0.2) is 0 Å². The summed E-state index contributed by atoms with van der Waals surface area (Å²) in [5.41, 5.74) is 0.439. The second-order valence-electron chi connectivity index (χ2n) is 10.4. The Morgan fingerprint density at radius 2 is 1.48 bits per heavy atom. The first kappa shape index (κ1) is 29.1. The van der Waals surface area contributed by atoms with E-state index in [9.17, 15) is 9.59 Å². The highest BCUT2D eigenvalue weighted by atomic mass is 16.5. The van der Waals surface area contributed by atoms with E-state index in [4.69, 9.17) is 4.74 Å². The number of rotatable bonds is 16. The first-order valence-corrected chi connectivity index (χ1v) is 12.6. The van der Waals surface area contributed by atoms with Crippen LogP contribution in [0.15, 0.2) is 24.5 Å². The van der Waals surface area contributed by atoms with E-state index in [0.29, 0.717) is 45.7 Å². The van der Waals surface area contributed by atoms with Gasteiger partial charge in [0.2, 0.25) is 11.8 Å². The van der Waals surface area contributed by atoms with Gasteiger partial charge in [-0.2, -0.15) is 0 Å². The summed E-state index contributed by atoms with van der Waals surface area (Å²) in [5, 5.41) is 0. The second-order valence-corrected chi connectivity index (χ2v) is 10.4. The Kier molecular flexibility index (Phi) is 12.6. The Labute approximate surface area is 202 Å². The lowest BCUT2D eigenvalue weighted by Gasteiger charge is -2.40. The summed E-state index contributed by atoms with van der Waals surface area (Å²) in [6.07, 6.45) is 8.51. The molecule has 0 aliphatic carbocycles. The van der Waals surface area contributed by atoms with Crippen LogP contribution in [0.4, 0.5) is 0 Å². The van der Waals surface area contributed by atoms with E-state index in [1.54, 1.807) is 12.4 Å². The topological polar surface area (TPSA) is 62.7 Å². The molecule has 0 saturated carbocycles. The highest BCUT2D eigenvalue weighted by Crippen LogP contribution is 2.24. The van der Waals surface area contributed by atoms with Crippen molar-refractivity contribution in [2.45, 2.75) is 99.1 Å². The molecule has 6 heteroatoms. The van der Waals surface area contributed by atoms with Crippen LogP contribution < -0.4 is 0 Å². The normalized spacial score (nSPS) is 12.0. The van der Waals surface area contributed by atoms with E-state index in [1.807, 2.05) is 28.9 Å². The number of hydrogen-bond acceptors (Lipinski definition) is 4. The number of carbonyl (C=O) groups excluding carboxylic acids is 2. The number of amides is 2. The van der Waals surface area contributed by atoms with Crippen LogP contribution in [0, 0.1) is 5.41 Å². The predicted octanol–water partition coefficient (Wildman–Crippen LogP) is 5.46. The van der Waals surface area contributed by atoms with E-state index >= 15 is 0 Å². The summed E-state index contributed by atoms with van der Waals surface area (Å²) in [6, 6.07) is 3.91. The van der Waals surface area contributed by atoms with Gasteiger partial charge in [-0.3, -0.25) is 14.6 Å². The minimum atomic E-state index is -0.453. The van der Waals surface area contributed by atoms with Crippen molar-refractivity contribution in [3.05, 3.63) is 30.1 Å². The van der Waals surface area contributed by atoms with Gasteiger partial charge in [0.25, 0.3) is 0 Å². The molecule has 1 heterocycles. The third-order valence-corrected chi connectivity index (χ3v) is 5.91. The molecule has 33 heavy (non-hydrogen) atoms. The van der Waals surface area contributed by atoms with Crippen molar-refractivity contribution >= 4 is 11.8 Å². The molecular weight excluding hydrogens is 414 g/mol. The standard InChI is InChI=1S/C27H47N3O3/c1-8-11-13-24(31)29(10-3)20-26(4,5)21-33-22-27(6,7)30(25(32)14-12-9-2)19-23-15-17-28-18-16-23/h15-18H,8-14,19-22H2,1-7H3. The Hall–Kier alpha value is -1.95. The summed E-state index contributed by atoms with van der Waals surface area (Å²) < 4.78 is 6.20. The quantitative estimate of drug-likeness (QED) is 0.328. The molecule has 0 aliphatic heterocycles. The van der Waals surface area contributed by atoms with Crippen molar-refractivity contribution in [3.63, 3.8) is 0 Å². The Balaban J connectivity index is 2.77. The van der Waals surface area contributed by atoms with Crippen molar-refractivity contribution < 1.29 is 14.3 Å². The molecule has 0 unspecified atom stereocenters. The summed E-state index contributed by atoms with van der Waals surface area (Å²) in [5.74, 6) is 0.373. The molecule has 1 aromatic rings. The number of nitrogens with zero attached hydrogens (tertiary/aromatic N) is 3. The fourth-order valence-corrected chi connectivity index (χ4v) is 3.85. The summed E-state index contributed by atoms with van der Waals surface area (Å²) in [6.45, 7) is 17.5. The van der Waals surface area contributed by atoms with Crippen LogP contribution in [0.25, 0.3) is 0 Å². The second kappa shape index (κ2) is 14.3. The van der Waals surface area contributed by atoms with Gasteiger partial charge in [0.05, 0.1) is 18.8 Å². The molecule has 0 aromatic carbocycles. The number of unbranched alkanes of at least 4 members (excludes halogenated alkanes) is 2. The molecule has 0 spiro atoms. The van der Waals surface area contributed by atoms with Crippen LogP contribution in [-0.2, 0) is 20.9 Å². The zero-order valence-electron chi connectivity index (χ0n) is 22.2. The van der Waals surface area contributed by atoms with E-state index in [1.165, 1.54) is 0 Å². The lowest BCUT2D eigenvalue weighted by atomic mass is 9.93. The predicted molar refractivity (Wildman–Crippen MR) is 135 cm³/mol. The molecule has 0 radical (unpaired) electrons. The lowest BCUT2D eigenvalue weighted by molar-refractivity contribution is -0.141. The number of hydrogen-bond donors (Lipinski definition) is 0. The minimum Gasteiger partial charge on any atom is -0.378 e. The van der Waals surface area contributed by atoms with Crippen molar-refractivity contribution in [2.24, 2.45) is 5.41 Å². The average molecular weight is 462 g/mol. The fourth-order valence-electron chi connectivity index (χ4n) is 3.85. The van der Waals surface area contributed by atoms with Crippen molar-refractivity contribution in [2.75, 3.05) is 26.3 Å². The van der Waals surface area contributed by atoms with Gasteiger partial charge in [-0.25, -0.2) is 0 Å². The number of ether oxygens (including phenoxy) is 1. The van der Waals surface area contributed by atoms with Crippen LogP contribution in [0.2, 0.25) is 0 Å². The van der Waals surface area contributed by atoms with E-state index in [2.05, 4.69) is 46.5 Å². The molecule has 0 fully saturated rings. The molecule has 0 atom stereocenters. The maximum Gasteiger partial charge on any atom is 0.223 e. The average Bonchev–Trinajstić information content (AvgIpc) is 2.78. The molecule has 0 N–H and O–H groups in total. The SMILES string of the molecule is CCCCC(=O)N(CC)CC(C)(C)COCC(C)(C)N(Cc1ccncc1)C(=O)CCCC. The number of aromatic nitrogens is 1. The molecule has 0 aliphatic rings. The van der Waals surface area contributed by atoms with Gasteiger partial charge in [-0.1, -0.05) is 40.5 Å². The summed E-state index contributed by atoms with van der Waals surface area (Å²) >= 11 is 0. The molecule has 0 saturated heterocycles. The highest BCUT2D eigenvalue weighted by Gasteiger charge is 2.32. The van der Waals surface area contributed by atoms with Crippen LogP contribution in [0.1, 0.15) is 92.6 Å². The molecule has 188 valence electrons. The monoisotopic (exact) mass is 461 g/mol. The zero-order chi connectivity index (χ0) is 24.9. The van der Waals surface area contributed by atoms with Crippen LogP contribution in [0.3, 0.4) is 0 Å². The number of carbonyl (C=O) groups is 2. The zero-order valence-corrected chi connectivity index (χ0v) is 22.2. The van der Waals surface area contributed by atoms with Gasteiger partial charge >= 0.3 is 0 Å². The maximum atomic E-state index is 13.1. The molecule has 0 bridgehead atoms. The third kappa shape index (κ3) is 10.7. The molecule has 2 amide bonds. The largest absolute Gasteiger partial charge is 0.378 e. The van der Waals surface area contributed by atoms with E-state index < -0.39 is 5.54 Å². The lowest BCUT2D eigenvalue weighted by Crippen LogP contribution is -2.51. The smallest absolute Gasteiger partial charge is 0.223 e. The van der Waals surface area contributed by atoms with Crippen LogP contribution >= 0.6 is 0 Å². The van der Waals surface area contributed by atoms with Crippen LogP contribution in [0.5, 0.6) is 0 Å². The Bertz CT molecular complexity index is 704. The fraction of sp³-hybridized carbons (Fsp3) is 0.741. The first-order chi connectivity index (χ1) is 15.6. The minimum absolute atomic E-state index is 0.153. The van der Waals surface area contributed by atoms with Gasteiger partial charge < -0.3 is 14.5 Å². The van der Waals surface area contributed by atoms with Gasteiger partial charge in [0.1, 0.15) is 0 Å². The first-order valence-electron chi connectivity index (χ1n) is 12.6. The van der Waals surface area contributed by atoms with Crippen LogP contribution in [-0.4, -0.2) is 58.4 Å². The van der Waals surface area contributed by atoms with Gasteiger partial charge in [0, 0.05) is 50.3 Å². The molecular formula is C27H47N3O3. The molecule has 1 aromatic heterocycles. The third-order valence-electron chi connectivity index (χ3n) is 5.91. The van der Waals surface area contributed by atoms with Crippen molar-refractivity contribution in [3.8, 4) is 0 Å². The Morgan fingerprint density at radius 3 is 2.03 bits per heavy atom. The van der Waals surface area contributed by atoms with E-state index in [0.717, 1.165) is 31.2 Å². The van der Waals surface area contributed by atoms with Gasteiger partial charge in [-0.15, -0.1) is 0 Å². The van der Waals surface area contributed by atoms with E-state index in [-0.39, 0.29) is 17.2 Å². The van der Waals surface area contributed by atoms with Gasteiger partial charge in [-0.05, 0) is 51.3 Å². The molecule has 6 nitrogen and oxygen atoms in total. The number of pyridine rings is 1. The highest BCUT2D eigenvalue weighted by molar-refractivity contribution is 5.77. The summed E-state index contributed by atoms with van der Waals surface area (Å²) in [7, 11) is 0. The van der Waals surface area contributed by atoms with Crippen molar-refractivity contribution in [1.82, 2.24) is 14.8 Å². The molecule has 1 rings (SSSR count). The maximum absolute atomic E-state index is 13.1. The summed E-state index contributed by atoms with van der Waals surface area (Å²) in [4.78, 5) is 33.5. The van der Waals surface area contributed by atoms with Crippen molar-refractivity contribution in [1.29, 1.82) is 0 Å².